The fourth-order valence-corrected chi connectivity index (χ4v) is 2.10. The van der Waals surface area contributed by atoms with Gasteiger partial charge in [0.2, 0.25) is 0 Å². The lowest BCUT2D eigenvalue weighted by Crippen LogP contribution is -2.10. The van der Waals surface area contributed by atoms with Crippen molar-refractivity contribution in [2.45, 2.75) is 25.4 Å². The van der Waals surface area contributed by atoms with Crippen molar-refractivity contribution in [3.8, 4) is 0 Å². The molecule has 0 amide bonds. The Morgan fingerprint density at radius 1 is 1.23 bits per heavy atom. The van der Waals surface area contributed by atoms with Crippen LogP contribution in [0, 0.1) is 12.8 Å². The van der Waals surface area contributed by atoms with Gasteiger partial charge in [-0.25, -0.2) is 0 Å². The van der Waals surface area contributed by atoms with Crippen molar-refractivity contribution in [2.24, 2.45) is 5.92 Å². The number of rotatable bonds is 2. The predicted molar refractivity (Wildman–Crippen MR) is 51.5 cm³/mol. The summed E-state index contributed by atoms with van der Waals surface area (Å²) >= 11 is 0. The molecule has 2 fully saturated rings. The van der Waals surface area contributed by atoms with Crippen LogP contribution in [0.5, 0.6) is 0 Å². The van der Waals surface area contributed by atoms with Gasteiger partial charge in [0.05, 0.1) is 6.61 Å². The number of hydrogen-bond donors (Lipinski definition) is 0. The summed E-state index contributed by atoms with van der Waals surface area (Å²) in [6.07, 6.45) is 2.71. The largest absolute Gasteiger partial charge is 0.364 e. The van der Waals surface area contributed by atoms with Crippen LogP contribution in [-0.4, -0.2) is 6.61 Å². The Morgan fingerprint density at radius 3 is 2.31 bits per heavy atom. The standard InChI is InChI=1S/C12H14O/c1-9-2-4-10(5-3-9)12(8-13-12)11-6-7-11/h2-5,11H,6-8H2,1H3. The maximum Gasteiger partial charge on any atom is 0.119 e. The molecule has 1 aliphatic carbocycles. The molecule has 1 heteroatoms. The molecule has 1 saturated carbocycles. The summed E-state index contributed by atoms with van der Waals surface area (Å²) in [4.78, 5) is 0. The lowest BCUT2D eigenvalue weighted by Gasteiger charge is -2.10. The van der Waals surface area contributed by atoms with Gasteiger partial charge >= 0.3 is 0 Å². The zero-order chi connectivity index (χ0) is 8.89. The van der Waals surface area contributed by atoms with Gasteiger partial charge in [-0.2, -0.15) is 0 Å². The van der Waals surface area contributed by atoms with Crippen LogP contribution >= 0.6 is 0 Å². The second kappa shape index (κ2) is 2.36. The van der Waals surface area contributed by atoms with Gasteiger partial charge in [0.1, 0.15) is 5.60 Å². The van der Waals surface area contributed by atoms with Gasteiger partial charge in [0.15, 0.2) is 0 Å². The van der Waals surface area contributed by atoms with Crippen LogP contribution in [0.2, 0.25) is 0 Å². The highest BCUT2D eigenvalue weighted by Crippen LogP contribution is 2.55. The first-order chi connectivity index (χ1) is 6.31. The van der Waals surface area contributed by atoms with E-state index in [4.69, 9.17) is 4.74 Å². The molecule has 13 heavy (non-hydrogen) atoms. The molecule has 0 aromatic heterocycles. The lowest BCUT2D eigenvalue weighted by atomic mass is 9.94. The topological polar surface area (TPSA) is 12.5 Å². The molecule has 1 aromatic rings. The molecule has 1 heterocycles. The van der Waals surface area contributed by atoms with E-state index in [2.05, 4.69) is 31.2 Å². The zero-order valence-electron chi connectivity index (χ0n) is 7.92. The Labute approximate surface area is 78.7 Å². The maximum absolute atomic E-state index is 5.65. The smallest absolute Gasteiger partial charge is 0.119 e. The van der Waals surface area contributed by atoms with Gasteiger partial charge in [-0.15, -0.1) is 0 Å². The molecule has 0 radical (unpaired) electrons. The van der Waals surface area contributed by atoms with E-state index >= 15 is 0 Å². The molecule has 3 rings (SSSR count). The summed E-state index contributed by atoms with van der Waals surface area (Å²) in [7, 11) is 0. The van der Waals surface area contributed by atoms with Crippen molar-refractivity contribution in [3.63, 3.8) is 0 Å². The van der Waals surface area contributed by atoms with E-state index < -0.39 is 0 Å². The normalized spacial score (nSPS) is 31.8. The highest BCUT2D eigenvalue weighted by atomic mass is 16.6. The minimum absolute atomic E-state index is 0.147. The number of hydrogen-bond acceptors (Lipinski definition) is 1. The number of epoxide rings is 1. The zero-order valence-corrected chi connectivity index (χ0v) is 7.92. The average molecular weight is 174 g/mol. The minimum Gasteiger partial charge on any atom is -0.364 e. The van der Waals surface area contributed by atoms with Crippen molar-refractivity contribution in [1.82, 2.24) is 0 Å². The SMILES string of the molecule is Cc1ccc(C2(C3CC3)CO2)cc1. The summed E-state index contributed by atoms with van der Waals surface area (Å²) in [5.74, 6) is 0.815. The van der Waals surface area contributed by atoms with Crippen LogP contribution in [-0.2, 0) is 10.3 Å². The fourth-order valence-electron chi connectivity index (χ4n) is 2.10. The quantitative estimate of drug-likeness (QED) is 0.628. The van der Waals surface area contributed by atoms with Crippen LogP contribution in [0.1, 0.15) is 24.0 Å². The molecule has 0 bridgehead atoms. The number of benzene rings is 1. The molecule has 1 aromatic carbocycles. The Balaban J connectivity index is 1.95. The predicted octanol–water partition coefficient (Wildman–Crippen LogP) is 2.63. The third kappa shape index (κ3) is 1.11. The molecule has 1 saturated heterocycles. The molecular formula is C12H14O. The Morgan fingerprint density at radius 2 is 1.85 bits per heavy atom. The molecule has 1 aliphatic heterocycles. The van der Waals surface area contributed by atoms with E-state index in [9.17, 15) is 0 Å². The molecule has 1 unspecified atom stereocenters. The molecular weight excluding hydrogens is 160 g/mol. The van der Waals surface area contributed by atoms with Gasteiger partial charge < -0.3 is 4.74 Å². The molecule has 0 N–H and O–H groups in total. The maximum atomic E-state index is 5.65. The Hall–Kier alpha value is -0.820. The Kier molecular flexibility index (Phi) is 1.37. The van der Waals surface area contributed by atoms with Crippen LogP contribution in [0.25, 0.3) is 0 Å². The molecule has 1 nitrogen and oxygen atoms in total. The highest BCUT2D eigenvalue weighted by Gasteiger charge is 2.57. The van der Waals surface area contributed by atoms with Crippen molar-refractivity contribution >= 4 is 0 Å². The van der Waals surface area contributed by atoms with E-state index in [0.717, 1.165) is 12.5 Å². The van der Waals surface area contributed by atoms with Crippen molar-refractivity contribution in [2.75, 3.05) is 6.61 Å². The molecule has 0 spiro atoms. The fraction of sp³-hybridized carbons (Fsp3) is 0.500. The van der Waals surface area contributed by atoms with Gasteiger partial charge in [0, 0.05) is 0 Å². The van der Waals surface area contributed by atoms with E-state index in [1.165, 1.54) is 24.0 Å². The first kappa shape index (κ1) is 7.57. The second-order valence-corrected chi connectivity index (χ2v) is 4.32. The summed E-state index contributed by atoms with van der Waals surface area (Å²) in [6, 6.07) is 8.81. The minimum atomic E-state index is 0.147. The third-order valence-corrected chi connectivity index (χ3v) is 3.23. The molecule has 68 valence electrons. The highest BCUT2D eigenvalue weighted by molar-refractivity contribution is 5.32. The van der Waals surface area contributed by atoms with Crippen LogP contribution in [0.4, 0.5) is 0 Å². The van der Waals surface area contributed by atoms with Crippen LogP contribution in [0.3, 0.4) is 0 Å². The Bertz CT molecular complexity index is 317. The van der Waals surface area contributed by atoms with Crippen molar-refractivity contribution < 1.29 is 4.74 Å². The van der Waals surface area contributed by atoms with Crippen molar-refractivity contribution in [3.05, 3.63) is 35.4 Å². The first-order valence-corrected chi connectivity index (χ1v) is 5.02. The van der Waals surface area contributed by atoms with E-state index in [1.807, 2.05) is 0 Å². The lowest BCUT2D eigenvalue weighted by molar-refractivity contribution is 0.278. The summed E-state index contributed by atoms with van der Waals surface area (Å²) < 4.78 is 5.65. The van der Waals surface area contributed by atoms with E-state index in [1.54, 1.807) is 0 Å². The number of ether oxygens (including phenoxy) is 1. The van der Waals surface area contributed by atoms with Gasteiger partial charge in [0.25, 0.3) is 0 Å². The van der Waals surface area contributed by atoms with Gasteiger partial charge in [-0.05, 0) is 31.2 Å². The van der Waals surface area contributed by atoms with Crippen LogP contribution in [0.15, 0.2) is 24.3 Å². The van der Waals surface area contributed by atoms with E-state index in [-0.39, 0.29) is 5.60 Å². The average Bonchev–Trinajstić information content (AvgIpc) is 3.00. The van der Waals surface area contributed by atoms with E-state index in [0.29, 0.717) is 0 Å². The summed E-state index contributed by atoms with van der Waals surface area (Å²) in [5, 5.41) is 0. The van der Waals surface area contributed by atoms with Gasteiger partial charge in [-0.1, -0.05) is 29.8 Å². The third-order valence-electron chi connectivity index (χ3n) is 3.23. The number of aryl methyl sites for hydroxylation is 1. The van der Waals surface area contributed by atoms with Gasteiger partial charge in [-0.3, -0.25) is 0 Å². The summed E-state index contributed by atoms with van der Waals surface area (Å²) in [6.45, 7) is 3.07. The molecule has 1 atom stereocenters. The second-order valence-electron chi connectivity index (χ2n) is 4.32. The van der Waals surface area contributed by atoms with Crippen LogP contribution < -0.4 is 0 Å². The first-order valence-electron chi connectivity index (χ1n) is 5.02. The molecule has 2 aliphatic rings. The monoisotopic (exact) mass is 174 g/mol. The summed E-state index contributed by atoms with van der Waals surface area (Å²) in [5.41, 5.74) is 2.86. The van der Waals surface area contributed by atoms with Crippen molar-refractivity contribution in [1.29, 1.82) is 0 Å².